The summed E-state index contributed by atoms with van der Waals surface area (Å²) in [4.78, 5) is 14.0. The van der Waals surface area contributed by atoms with Crippen molar-refractivity contribution in [2.45, 2.75) is 19.3 Å². The largest absolute Gasteiger partial charge is 0.453 e. The van der Waals surface area contributed by atoms with Crippen molar-refractivity contribution >= 4 is 16.9 Å². The first-order valence-corrected chi connectivity index (χ1v) is 7.52. The Hall–Kier alpha value is -2.56. The van der Waals surface area contributed by atoms with Crippen molar-refractivity contribution in [1.29, 1.82) is 0 Å². The Morgan fingerprint density at radius 2 is 1.95 bits per heavy atom. The van der Waals surface area contributed by atoms with Crippen LogP contribution in [0.5, 0.6) is 0 Å². The molecule has 0 bridgehead atoms. The van der Waals surface area contributed by atoms with Crippen LogP contribution < -0.4 is 0 Å². The number of benzene rings is 1. The maximum absolute atomic E-state index is 12.1. The Bertz CT molecular complexity index is 779. The third-order valence-corrected chi connectivity index (χ3v) is 4.02. The molecule has 0 aliphatic carbocycles. The molecule has 0 atom stereocenters. The zero-order valence-corrected chi connectivity index (χ0v) is 12.1. The summed E-state index contributed by atoms with van der Waals surface area (Å²) >= 11 is 0. The molecule has 112 valence electrons. The zero-order valence-electron chi connectivity index (χ0n) is 12.1. The van der Waals surface area contributed by atoms with Gasteiger partial charge in [-0.15, -0.1) is 0 Å². The molecule has 1 fully saturated rings. The summed E-state index contributed by atoms with van der Waals surface area (Å²) in [6.45, 7) is 1.71. The summed E-state index contributed by atoms with van der Waals surface area (Å²) in [5.74, 6) is 1.30. The summed E-state index contributed by atoms with van der Waals surface area (Å²) in [6.07, 6.45) is 2.47. The number of hydrogen-bond acceptors (Lipinski definition) is 4. The highest BCUT2D eigenvalue weighted by atomic mass is 16.5. The fourth-order valence-corrected chi connectivity index (χ4v) is 2.85. The lowest BCUT2D eigenvalue weighted by Gasteiger charge is -2.13. The molecular weight excluding hydrogens is 280 g/mol. The van der Waals surface area contributed by atoms with E-state index in [1.54, 1.807) is 6.07 Å². The number of likely N-dealkylation sites (tertiary alicyclic amines) is 1. The van der Waals surface area contributed by atoms with Gasteiger partial charge in [0.15, 0.2) is 5.76 Å². The number of furan rings is 1. The molecule has 0 saturated carbocycles. The van der Waals surface area contributed by atoms with Gasteiger partial charge in [-0.05, 0) is 25.0 Å². The second-order valence-electron chi connectivity index (χ2n) is 5.60. The predicted octanol–water partition coefficient (Wildman–Crippen LogP) is 3.25. The lowest BCUT2D eigenvalue weighted by molar-refractivity contribution is -0.129. The van der Waals surface area contributed by atoms with Crippen LogP contribution in [0.3, 0.4) is 0 Å². The number of carbonyl (C=O) groups excluding carboxylic acids is 1. The highest BCUT2D eigenvalue weighted by Gasteiger charge is 2.20. The van der Waals surface area contributed by atoms with Crippen LogP contribution in [0.4, 0.5) is 0 Å². The van der Waals surface area contributed by atoms with Crippen molar-refractivity contribution in [3.63, 3.8) is 0 Å². The molecule has 1 aliphatic heterocycles. The topological polar surface area (TPSA) is 59.5 Å². The van der Waals surface area contributed by atoms with E-state index in [2.05, 4.69) is 5.16 Å². The van der Waals surface area contributed by atoms with Crippen LogP contribution in [0.1, 0.15) is 18.5 Å². The number of aromatic nitrogens is 1. The first kappa shape index (κ1) is 13.1. The van der Waals surface area contributed by atoms with E-state index in [9.17, 15) is 4.79 Å². The fraction of sp³-hybridized carbons (Fsp3) is 0.294. The number of nitrogens with zero attached hydrogens (tertiary/aromatic N) is 2. The van der Waals surface area contributed by atoms with Crippen LogP contribution in [-0.2, 0) is 11.2 Å². The number of carbonyl (C=O) groups is 1. The summed E-state index contributed by atoms with van der Waals surface area (Å²) < 4.78 is 11.1. The number of fused-ring (bicyclic) bond motifs is 1. The molecule has 1 aromatic carbocycles. The lowest BCUT2D eigenvalue weighted by atomic mass is 10.2. The summed E-state index contributed by atoms with van der Waals surface area (Å²) in [5, 5.41) is 5.01. The summed E-state index contributed by atoms with van der Waals surface area (Å²) in [5.41, 5.74) is 1.45. The van der Waals surface area contributed by atoms with Gasteiger partial charge in [-0.1, -0.05) is 23.4 Å². The first-order chi connectivity index (χ1) is 10.8. The summed E-state index contributed by atoms with van der Waals surface area (Å²) in [6, 6.07) is 11.5. The molecular formula is C17H16N2O3. The third-order valence-electron chi connectivity index (χ3n) is 4.02. The Labute approximate surface area is 127 Å². The van der Waals surface area contributed by atoms with Crippen LogP contribution in [0.15, 0.2) is 45.3 Å². The molecule has 1 saturated heterocycles. The normalized spacial score (nSPS) is 14.8. The van der Waals surface area contributed by atoms with Gasteiger partial charge in [0.25, 0.3) is 0 Å². The molecule has 3 aromatic rings. The van der Waals surface area contributed by atoms with Crippen LogP contribution >= 0.6 is 0 Å². The highest BCUT2D eigenvalue weighted by molar-refractivity contribution is 5.82. The molecule has 0 N–H and O–H groups in total. The molecule has 1 amide bonds. The van der Waals surface area contributed by atoms with Gasteiger partial charge in [-0.25, -0.2) is 0 Å². The maximum atomic E-state index is 12.1. The van der Waals surface area contributed by atoms with E-state index in [4.69, 9.17) is 8.94 Å². The Morgan fingerprint density at radius 3 is 2.77 bits per heavy atom. The van der Waals surface area contributed by atoms with E-state index < -0.39 is 0 Å². The van der Waals surface area contributed by atoms with Crippen molar-refractivity contribution in [2.24, 2.45) is 0 Å². The third kappa shape index (κ3) is 2.39. The molecule has 5 heteroatoms. The lowest BCUT2D eigenvalue weighted by Crippen LogP contribution is -2.29. The van der Waals surface area contributed by atoms with Gasteiger partial charge in [-0.3, -0.25) is 4.79 Å². The van der Waals surface area contributed by atoms with E-state index in [1.165, 1.54) is 0 Å². The molecule has 5 nitrogen and oxygen atoms in total. The molecule has 0 unspecified atom stereocenters. The Morgan fingerprint density at radius 1 is 1.14 bits per heavy atom. The fourth-order valence-electron chi connectivity index (χ4n) is 2.85. The predicted molar refractivity (Wildman–Crippen MR) is 81.2 cm³/mol. The summed E-state index contributed by atoms with van der Waals surface area (Å²) in [7, 11) is 0. The minimum atomic E-state index is 0.113. The Balaban J connectivity index is 1.54. The van der Waals surface area contributed by atoms with E-state index in [-0.39, 0.29) is 12.3 Å². The molecule has 2 aromatic heterocycles. The number of amides is 1. The van der Waals surface area contributed by atoms with Gasteiger partial charge in [0.05, 0.1) is 12.1 Å². The van der Waals surface area contributed by atoms with Crippen molar-refractivity contribution in [1.82, 2.24) is 10.1 Å². The highest BCUT2D eigenvalue weighted by Crippen LogP contribution is 2.28. The number of rotatable bonds is 3. The molecule has 1 aliphatic rings. The van der Waals surface area contributed by atoms with Crippen molar-refractivity contribution in [3.8, 4) is 11.5 Å². The molecule has 3 heterocycles. The number of para-hydroxylation sites is 1. The van der Waals surface area contributed by atoms with Gasteiger partial charge < -0.3 is 13.8 Å². The first-order valence-electron chi connectivity index (χ1n) is 7.52. The van der Waals surface area contributed by atoms with Gasteiger partial charge in [0, 0.05) is 24.5 Å². The molecule has 4 rings (SSSR count). The molecule has 0 spiro atoms. The van der Waals surface area contributed by atoms with Crippen molar-refractivity contribution in [3.05, 3.63) is 42.1 Å². The van der Waals surface area contributed by atoms with Crippen molar-refractivity contribution in [2.75, 3.05) is 13.1 Å². The van der Waals surface area contributed by atoms with E-state index in [1.807, 2.05) is 35.2 Å². The second kappa shape index (κ2) is 5.33. The SMILES string of the molecule is O=C(Cc1cc(-c2cc3ccccc3o2)on1)N1CCCC1. The van der Waals surface area contributed by atoms with E-state index in [0.29, 0.717) is 17.2 Å². The second-order valence-corrected chi connectivity index (χ2v) is 5.60. The van der Waals surface area contributed by atoms with Gasteiger partial charge in [0.2, 0.25) is 11.7 Å². The van der Waals surface area contributed by atoms with Gasteiger partial charge in [0.1, 0.15) is 5.58 Å². The van der Waals surface area contributed by atoms with Crippen LogP contribution in [0, 0.1) is 0 Å². The van der Waals surface area contributed by atoms with Crippen molar-refractivity contribution < 1.29 is 13.7 Å². The quantitative estimate of drug-likeness (QED) is 0.744. The standard InChI is InChI=1S/C17H16N2O3/c20-17(19-7-3-4-8-19)11-13-10-16(22-18-13)15-9-12-5-1-2-6-14(12)21-15/h1-2,5-6,9-10H,3-4,7-8,11H2. The monoisotopic (exact) mass is 296 g/mol. The average molecular weight is 296 g/mol. The van der Waals surface area contributed by atoms with E-state index in [0.717, 1.165) is 36.9 Å². The van der Waals surface area contributed by atoms with Crippen LogP contribution in [0.2, 0.25) is 0 Å². The minimum Gasteiger partial charge on any atom is -0.453 e. The minimum absolute atomic E-state index is 0.113. The molecule has 22 heavy (non-hydrogen) atoms. The van der Waals surface area contributed by atoms with Crippen LogP contribution in [0.25, 0.3) is 22.5 Å². The average Bonchev–Trinajstić information content (AvgIpc) is 3.26. The van der Waals surface area contributed by atoms with Gasteiger partial charge >= 0.3 is 0 Å². The Kier molecular flexibility index (Phi) is 3.18. The zero-order chi connectivity index (χ0) is 14.9. The van der Waals surface area contributed by atoms with E-state index >= 15 is 0 Å². The molecule has 0 radical (unpaired) electrons. The smallest absolute Gasteiger partial charge is 0.228 e. The maximum Gasteiger partial charge on any atom is 0.228 e. The van der Waals surface area contributed by atoms with Crippen LogP contribution in [-0.4, -0.2) is 29.1 Å². The van der Waals surface area contributed by atoms with Gasteiger partial charge in [-0.2, -0.15) is 0 Å². The number of hydrogen-bond donors (Lipinski definition) is 0.